The molecule has 0 aliphatic rings. The van der Waals surface area contributed by atoms with E-state index in [1.165, 1.54) is 6.21 Å². The van der Waals surface area contributed by atoms with Gasteiger partial charge in [-0.05, 0) is 52.3 Å². The van der Waals surface area contributed by atoms with E-state index in [9.17, 15) is 4.79 Å². The molecule has 0 aliphatic heterocycles. The highest BCUT2D eigenvalue weighted by Crippen LogP contribution is 2.11. The van der Waals surface area contributed by atoms with Gasteiger partial charge >= 0.3 is 0 Å². The summed E-state index contributed by atoms with van der Waals surface area (Å²) in [6, 6.07) is 12.1. The normalized spacial score (nSPS) is 11.0. The molecule has 7 nitrogen and oxygen atoms in total. The summed E-state index contributed by atoms with van der Waals surface area (Å²) in [5.74, 6) is 0.387. The van der Waals surface area contributed by atoms with Crippen molar-refractivity contribution in [2.24, 2.45) is 5.10 Å². The molecule has 1 amide bonds. The lowest BCUT2D eigenvalue weighted by atomic mass is 10.2. The van der Waals surface area contributed by atoms with Crippen molar-refractivity contribution < 1.29 is 14.2 Å². The molecule has 1 N–H and O–H groups in total. The van der Waals surface area contributed by atoms with Crippen LogP contribution in [0.4, 0.5) is 0 Å². The maximum atomic E-state index is 11.9. The van der Waals surface area contributed by atoms with Gasteiger partial charge in [0.05, 0.1) is 13.3 Å². The van der Waals surface area contributed by atoms with Crippen molar-refractivity contribution in [2.75, 3.05) is 7.11 Å². The molecule has 7 heteroatoms. The molecular weight excluding hydrogens is 284 g/mol. The Bertz CT molecular complexity index is 824. The molecule has 0 spiro atoms. The topological polar surface area (TPSA) is 89.6 Å². The van der Waals surface area contributed by atoms with E-state index < -0.39 is 0 Å². The molecule has 110 valence electrons. The smallest absolute Gasteiger partial charge is 0.271 e. The molecule has 0 bridgehead atoms. The second kappa shape index (κ2) is 6.04. The number of ether oxygens (including phenoxy) is 1. The van der Waals surface area contributed by atoms with E-state index in [0.717, 1.165) is 5.56 Å². The summed E-state index contributed by atoms with van der Waals surface area (Å²) in [6.45, 7) is 0. The Labute approximate surface area is 125 Å². The van der Waals surface area contributed by atoms with Crippen molar-refractivity contribution in [1.29, 1.82) is 0 Å². The van der Waals surface area contributed by atoms with Gasteiger partial charge in [0.15, 0.2) is 0 Å². The largest absolute Gasteiger partial charge is 0.497 e. The van der Waals surface area contributed by atoms with Crippen LogP contribution in [0.15, 0.2) is 52.2 Å². The number of hydrogen-bond acceptors (Lipinski definition) is 6. The molecule has 0 saturated heterocycles. The Morgan fingerprint density at radius 2 is 1.95 bits per heavy atom. The highest BCUT2D eigenvalue weighted by Gasteiger charge is 2.04. The first kappa shape index (κ1) is 13.7. The maximum absolute atomic E-state index is 11.9. The number of hydrogen-bond donors (Lipinski definition) is 1. The van der Waals surface area contributed by atoms with E-state index in [0.29, 0.717) is 22.3 Å². The number of aromatic nitrogens is 2. The zero-order chi connectivity index (χ0) is 15.4. The third kappa shape index (κ3) is 2.93. The maximum Gasteiger partial charge on any atom is 0.271 e. The fraction of sp³-hybridized carbons (Fsp3) is 0.0667. The first-order valence-corrected chi connectivity index (χ1v) is 6.46. The standard InChI is InChI=1S/C15H12N4O3/c1-21-12-5-3-11(4-6-12)15(20)17-16-9-10-2-7-13-14(8-10)19-22-18-13/h2-9H,1H3,(H,17,20)/b16-9-. The summed E-state index contributed by atoms with van der Waals surface area (Å²) in [4.78, 5) is 11.9. The average Bonchev–Trinajstić information content (AvgIpc) is 3.02. The van der Waals surface area contributed by atoms with Crippen molar-refractivity contribution in [3.63, 3.8) is 0 Å². The van der Waals surface area contributed by atoms with Crippen LogP contribution in [-0.4, -0.2) is 29.5 Å². The summed E-state index contributed by atoms with van der Waals surface area (Å²) in [5.41, 5.74) is 5.02. The van der Waals surface area contributed by atoms with Crippen LogP contribution in [0.2, 0.25) is 0 Å². The zero-order valence-corrected chi connectivity index (χ0v) is 11.7. The number of carbonyl (C=O) groups is 1. The number of fused-ring (bicyclic) bond motifs is 1. The van der Waals surface area contributed by atoms with Crippen LogP contribution in [0.3, 0.4) is 0 Å². The number of nitrogens with one attached hydrogen (secondary N) is 1. The number of nitrogens with zero attached hydrogens (tertiary/aromatic N) is 3. The molecule has 22 heavy (non-hydrogen) atoms. The molecule has 0 saturated carbocycles. The number of hydrazone groups is 1. The van der Waals surface area contributed by atoms with Crippen LogP contribution >= 0.6 is 0 Å². The quantitative estimate of drug-likeness (QED) is 0.587. The lowest BCUT2D eigenvalue weighted by molar-refractivity contribution is 0.0955. The molecular formula is C15H12N4O3. The first-order chi connectivity index (χ1) is 10.8. The third-order valence-electron chi connectivity index (χ3n) is 3.01. The summed E-state index contributed by atoms with van der Waals surface area (Å²) in [5, 5.41) is 11.4. The zero-order valence-electron chi connectivity index (χ0n) is 11.7. The van der Waals surface area contributed by atoms with Crippen LogP contribution in [0.5, 0.6) is 5.75 Å². The average molecular weight is 296 g/mol. The van der Waals surface area contributed by atoms with Crippen LogP contribution in [0.25, 0.3) is 11.0 Å². The van der Waals surface area contributed by atoms with E-state index in [4.69, 9.17) is 4.74 Å². The number of carbonyl (C=O) groups excluding carboxylic acids is 1. The predicted molar refractivity (Wildman–Crippen MR) is 79.9 cm³/mol. The fourth-order valence-electron chi connectivity index (χ4n) is 1.85. The van der Waals surface area contributed by atoms with Crippen molar-refractivity contribution >= 4 is 23.2 Å². The van der Waals surface area contributed by atoms with Gasteiger partial charge in [-0.2, -0.15) is 5.10 Å². The molecule has 1 heterocycles. The lowest BCUT2D eigenvalue weighted by Gasteiger charge is -2.02. The minimum absolute atomic E-state index is 0.303. The van der Waals surface area contributed by atoms with E-state index in [1.54, 1.807) is 49.6 Å². The highest BCUT2D eigenvalue weighted by atomic mass is 16.6. The minimum Gasteiger partial charge on any atom is -0.497 e. The number of rotatable bonds is 4. The Hall–Kier alpha value is -3.22. The van der Waals surface area contributed by atoms with Gasteiger partial charge in [0.1, 0.15) is 16.8 Å². The number of benzene rings is 2. The molecule has 0 atom stereocenters. The van der Waals surface area contributed by atoms with Gasteiger partial charge in [-0.3, -0.25) is 4.79 Å². The first-order valence-electron chi connectivity index (χ1n) is 6.46. The van der Waals surface area contributed by atoms with Crippen LogP contribution < -0.4 is 10.2 Å². The Balaban J connectivity index is 1.66. The van der Waals surface area contributed by atoms with Crippen LogP contribution in [0.1, 0.15) is 15.9 Å². The molecule has 3 rings (SSSR count). The second-order valence-corrected chi connectivity index (χ2v) is 4.44. The molecule has 0 unspecified atom stereocenters. The Kier molecular flexibility index (Phi) is 3.78. The van der Waals surface area contributed by atoms with E-state index in [-0.39, 0.29) is 5.91 Å². The molecule has 0 fully saturated rings. The van der Waals surface area contributed by atoms with Gasteiger partial charge in [-0.15, -0.1) is 0 Å². The summed E-state index contributed by atoms with van der Waals surface area (Å²) < 4.78 is 9.65. The highest BCUT2D eigenvalue weighted by molar-refractivity contribution is 5.95. The molecule has 2 aromatic carbocycles. The molecule has 1 aromatic heterocycles. The van der Waals surface area contributed by atoms with Gasteiger partial charge in [0.2, 0.25) is 0 Å². The summed E-state index contributed by atoms with van der Waals surface area (Å²) in [6.07, 6.45) is 1.52. The number of amides is 1. The van der Waals surface area contributed by atoms with Crippen LogP contribution in [-0.2, 0) is 0 Å². The summed E-state index contributed by atoms with van der Waals surface area (Å²) in [7, 11) is 1.57. The predicted octanol–water partition coefficient (Wildman–Crippen LogP) is 2.00. The van der Waals surface area contributed by atoms with Gasteiger partial charge in [-0.25, -0.2) is 10.1 Å². The van der Waals surface area contributed by atoms with E-state index in [2.05, 4.69) is 25.5 Å². The van der Waals surface area contributed by atoms with E-state index in [1.807, 2.05) is 0 Å². The summed E-state index contributed by atoms with van der Waals surface area (Å²) >= 11 is 0. The molecule has 3 aromatic rings. The van der Waals surface area contributed by atoms with Crippen LogP contribution in [0, 0.1) is 0 Å². The SMILES string of the molecule is COc1ccc(C(=O)N/N=C\c2ccc3nonc3c2)cc1. The second-order valence-electron chi connectivity index (χ2n) is 4.44. The lowest BCUT2D eigenvalue weighted by Crippen LogP contribution is -2.17. The van der Waals surface area contributed by atoms with Crippen molar-refractivity contribution in [2.45, 2.75) is 0 Å². The minimum atomic E-state index is -0.303. The van der Waals surface area contributed by atoms with Gasteiger partial charge < -0.3 is 4.74 Å². The van der Waals surface area contributed by atoms with Gasteiger partial charge in [0, 0.05) is 5.56 Å². The molecule has 0 radical (unpaired) electrons. The monoisotopic (exact) mass is 296 g/mol. The number of methoxy groups -OCH3 is 1. The Morgan fingerprint density at radius 1 is 1.18 bits per heavy atom. The van der Waals surface area contributed by atoms with Gasteiger partial charge in [-0.1, -0.05) is 6.07 Å². The van der Waals surface area contributed by atoms with E-state index >= 15 is 0 Å². The Morgan fingerprint density at radius 3 is 2.73 bits per heavy atom. The van der Waals surface area contributed by atoms with Crippen molar-refractivity contribution in [3.8, 4) is 5.75 Å². The fourth-order valence-corrected chi connectivity index (χ4v) is 1.85. The van der Waals surface area contributed by atoms with Crippen molar-refractivity contribution in [1.82, 2.24) is 15.7 Å². The van der Waals surface area contributed by atoms with Crippen molar-refractivity contribution in [3.05, 3.63) is 53.6 Å². The van der Waals surface area contributed by atoms with Gasteiger partial charge in [0.25, 0.3) is 5.91 Å². The molecule has 0 aliphatic carbocycles. The third-order valence-corrected chi connectivity index (χ3v) is 3.01.